The smallest absolute Gasteiger partial charge is 0.726 e. The zero-order valence-corrected chi connectivity index (χ0v) is 37.8. The molecule has 51 heavy (non-hydrogen) atoms. The fourth-order valence-electron chi connectivity index (χ4n) is 6.54. The number of hydrogen-bond donors (Lipinski definition) is 0. The first-order valence-corrected chi connectivity index (χ1v) is 23.9. The van der Waals surface area contributed by atoms with Crippen molar-refractivity contribution in [3.05, 3.63) is 0 Å². The van der Waals surface area contributed by atoms with Gasteiger partial charge in [-0.1, -0.05) is 207 Å². The summed E-state index contributed by atoms with van der Waals surface area (Å²) in [6.45, 7) is 8.97. The maximum Gasteiger partial charge on any atom is 2.00 e. The molecule has 0 saturated heterocycles. The van der Waals surface area contributed by atoms with Crippen LogP contribution in [0.15, 0.2) is 0 Å². The van der Waals surface area contributed by atoms with Crippen LogP contribution < -0.4 is 0 Å². The Labute approximate surface area is 348 Å². The van der Waals surface area contributed by atoms with E-state index in [-0.39, 0.29) is 62.8 Å². The van der Waals surface area contributed by atoms with Crippen molar-refractivity contribution >= 4 is 58.5 Å². The Morgan fingerprint density at radius 1 is 0.353 bits per heavy atom. The van der Waals surface area contributed by atoms with Gasteiger partial charge in [-0.2, -0.15) is 0 Å². The largest absolute Gasteiger partial charge is 2.00 e. The molecule has 0 aliphatic rings. The minimum Gasteiger partial charge on any atom is -0.726 e. The van der Waals surface area contributed by atoms with Gasteiger partial charge in [0.05, 0.1) is 13.2 Å². The van der Waals surface area contributed by atoms with Crippen LogP contribution in [0.1, 0.15) is 233 Å². The quantitative estimate of drug-likeness (QED) is 0.0261. The molecular weight excluding hydrogens is 713 g/mol. The molecule has 11 heteroatoms. The van der Waals surface area contributed by atoms with E-state index in [0.29, 0.717) is 0 Å². The van der Waals surface area contributed by atoms with Gasteiger partial charge in [-0.3, -0.25) is 8.37 Å². The molecule has 304 valence electrons. The van der Waals surface area contributed by atoms with E-state index < -0.39 is 20.8 Å². The minimum absolute atomic E-state index is 0. The van der Waals surface area contributed by atoms with E-state index in [1.165, 1.54) is 154 Å². The van der Waals surface area contributed by atoms with E-state index in [1.807, 2.05) is 0 Å². The molecule has 0 fully saturated rings. The Hall–Kier alpha value is 1.000. The Balaban J connectivity index is -0.000000886. The van der Waals surface area contributed by atoms with Gasteiger partial charge in [0.1, 0.15) is 0 Å². The van der Waals surface area contributed by atoms with Crippen LogP contribution in [0, 0.1) is 11.8 Å². The molecule has 0 aliphatic carbocycles. The van der Waals surface area contributed by atoms with Crippen LogP contribution in [-0.4, -0.2) is 76.9 Å². The van der Waals surface area contributed by atoms with Crippen molar-refractivity contribution in [1.82, 2.24) is 0 Å². The zero-order valence-electron chi connectivity index (χ0n) is 34.0. The molecule has 0 spiro atoms. The summed E-state index contributed by atoms with van der Waals surface area (Å²) in [4.78, 5) is 0. The van der Waals surface area contributed by atoms with E-state index in [0.717, 1.165) is 51.4 Å². The fraction of sp³-hybridized carbons (Fsp3) is 1.00. The first kappa shape index (κ1) is 56.3. The van der Waals surface area contributed by atoms with Crippen molar-refractivity contribution in [2.75, 3.05) is 13.2 Å². The molecule has 0 N–H and O–H groups in total. The predicted octanol–water partition coefficient (Wildman–Crippen LogP) is 12.3. The van der Waals surface area contributed by atoms with Crippen molar-refractivity contribution in [1.29, 1.82) is 0 Å². The molecule has 2 atom stereocenters. The number of unbranched alkanes of at least 4 members (excludes halogenated alkanes) is 24. The van der Waals surface area contributed by atoms with Crippen LogP contribution in [0.4, 0.5) is 0 Å². The maximum absolute atomic E-state index is 10.7. The molecule has 0 rings (SSSR count). The van der Waals surface area contributed by atoms with Crippen molar-refractivity contribution in [2.24, 2.45) is 11.8 Å². The molecule has 2 unspecified atom stereocenters. The van der Waals surface area contributed by atoms with Crippen LogP contribution in [-0.2, 0) is 29.2 Å². The van der Waals surface area contributed by atoms with Gasteiger partial charge in [0.2, 0.25) is 20.8 Å². The van der Waals surface area contributed by atoms with Gasteiger partial charge in [0.15, 0.2) is 0 Å². The first-order chi connectivity index (χ1) is 24.0. The van der Waals surface area contributed by atoms with Crippen molar-refractivity contribution in [3.63, 3.8) is 0 Å². The van der Waals surface area contributed by atoms with Gasteiger partial charge < -0.3 is 9.11 Å². The van der Waals surface area contributed by atoms with Gasteiger partial charge in [0.25, 0.3) is 0 Å². The summed E-state index contributed by atoms with van der Waals surface area (Å²) in [5, 5.41) is 0. The second kappa shape index (κ2) is 42.1. The monoisotopic (exact) mass is 795 g/mol. The standard InChI is InChI=1S/2C20H42O4S.Ca/c2*1-3-5-7-9-10-11-12-13-14-16-18-20(17-15-8-6-4-2)19-24-25(21,22)23;/h2*20H,3-19H2,1-2H3,(H,21,22,23);/q;;+2/p-2. The summed E-state index contributed by atoms with van der Waals surface area (Å²) < 4.78 is 73.1. The molecule has 0 bridgehead atoms. The van der Waals surface area contributed by atoms with E-state index in [2.05, 4.69) is 36.1 Å². The fourth-order valence-corrected chi connectivity index (χ4v) is 7.26. The van der Waals surface area contributed by atoms with Gasteiger partial charge in [-0.25, -0.2) is 16.8 Å². The van der Waals surface area contributed by atoms with Gasteiger partial charge in [0, 0.05) is 0 Å². The molecular formula is C40H82CaO8S2. The van der Waals surface area contributed by atoms with Crippen LogP contribution in [0.3, 0.4) is 0 Å². The predicted molar refractivity (Wildman–Crippen MR) is 214 cm³/mol. The summed E-state index contributed by atoms with van der Waals surface area (Å²) in [5.74, 6) is 0.407. The molecule has 0 aromatic carbocycles. The number of rotatable bonds is 38. The summed E-state index contributed by atoms with van der Waals surface area (Å²) in [6.07, 6.45) is 39.2. The third-order valence-corrected chi connectivity index (χ3v) is 10.6. The third-order valence-electron chi connectivity index (χ3n) is 9.76. The van der Waals surface area contributed by atoms with Crippen LogP contribution in [0.5, 0.6) is 0 Å². The zero-order chi connectivity index (χ0) is 37.6. The Morgan fingerprint density at radius 2 is 0.529 bits per heavy atom. The Bertz CT molecular complexity index is 815. The van der Waals surface area contributed by atoms with E-state index >= 15 is 0 Å². The van der Waals surface area contributed by atoms with E-state index in [1.54, 1.807) is 0 Å². The minimum atomic E-state index is -4.56. The molecule has 0 heterocycles. The van der Waals surface area contributed by atoms with Crippen LogP contribution in [0.2, 0.25) is 0 Å². The van der Waals surface area contributed by atoms with Gasteiger partial charge >= 0.3 is 37.7 Å². The van der Waals surface area contributed by atoms with Crippen molar-refractivity contribution in [2.45, 2.75) is 233 Å². The maximum atomic E-state index is 10.7. The topological polar surface area (TPSA) is 133 Å². The average molecular weight is 795 g/mol. The summed E-state index contributed by atoms with van der Waals surface area (Å²) in [5.41, 5.74) is 0. The molecule has 0 aromatic rings. The summed E-state index contributed by atoms with van der Waals surface area (Å²) >= 11 is 0. The summed E-state index contributed by atoms with van der Waals surface area (Å²) in [6, 6.07) is 0. The molecule has 0 aliphatic heterocycles. The summed E-state index contributed by atoms with van der Waals surface area (Å²) in [7, 11) is -9.11. The van der Waals surface area contributed by atoms with Crippen LogP contribution >= 0.6 is 0 Å². The molecule has 0 amide bonds. The van der Waals surface area contributed by atoms with E-state index in [4.69, 9.17) is 0 Å². The normalized spacial score (nSPS) is 13.0. The first-order valence-electron chi connectivity index (χ1n) is 21.2. The number of hydrogen-bond acceptors (Lipinski definition) is 8. The second-order valence-electron chi connectivity index (χ2n) is 14.8. The van der Waals surface area contributed by atoms with E-state index in [9.17, 15) is 25.9 Å². The molecule has 0 saturated carbocycles. The van der Waals surface area contributed by atoms with Gasteiger partial charge in [-0.15, -0.1) is 0 Å². The second-order valence-corrected chi connectivity index (χ2v) is 16.9. The molecule has 0 aromatic heterocycles. The Kier molecular flexibility index (Phi) is 46.6. The van der Waals surface area contributed by atoms with Crippen molar-refractivity contribution < 1.29 is 34.3 Å². The SMILES string of the molecule is CCCCCCCCCCCCC(CCCCCC)COS(=O)(=O)[O-].CCCCCCCCCCCCC(CCCCCC)COS(=O)(=O)[O-].[Ca+2]. The molecule has 0 radical (unpaired) electrons. The Morgan fingerprint density at radius 3 is 0.725 bits per heavy atom. The average Bonchev–Trinajstić information content (AvgIpc) is 3.06. The van der Waals surface area contributed by atoms with Crippen LogP contribution in [0.25, 0.3) is 0 Å². The van der Waals surface area contributed by atoms with Crippen molar-refractivity contribution in [3.8, 4) is 0 Å². The third kappa shape index (κ3) is 51.0. The van der Waals surface area contributed by atoms with Gasteiger partial charge in [-0.05, 0) is 37.5 Å². The molecule has 8 nitrogen and oxygen atoms in total.